The molecule has 0 aliphatic rings. The summed E-state index contributed by atoms with van der Waals surface area (Å²) < 4.78 is 51.8. The van der Waals surface area contributed by atoms with Crippen LogP contribution in [0.15, 0.2) is 24.4 Å². The molecule has 0 spiro atoms. The fourth-order valence-corrected chi connectivity index (χ4v) is 2.96. The Labute approximate surface area is 168 Å². The van der Waals surface area contributed by atoms with E-state index in [1.807, 2.05) is 19.9 Å². The number of alkyl halides is 3. The van der Waals surface area contributed by atoms with Crippen LogP contribution in [0, 0.1) is 0 Å². The maximum absolute atomic E-state index is 13.5. The Morgan fingerprint density at radius 2 is 1.79 bits per heavy atom. The summed E-state index contributed by atoms with van der Waals surface area (Å²) in [6, 6.07) is 4.82. The van der Waals surface area contributed by atoms with Crippen molar-refractivity contribution in [3.63, 3.8) is 0 Å². The van der Waals surface area contributed by atoms with Crippen molar-refractivity contribution in [2.75, 3.05) is 20.8 Å². The topological polar surface area (TPSA) is 65.4 Å². The highest BCUT2D eigenvalue weighted by atomic mass is 19.4. The van der Waals surface area contributed by atoms with Crippen LogP contribution in [0.5, 0.6) is 11.5 Å². The number of hydrogen-bond donors (Lipinski definition) is 1. The van der Waals surface area contributed by atoms with Crippen LogP contribution >= 0.6 is 0 Å². The van der Waals surface area contributed by atoms with E-state index in [0.717, 1.165) is 16.4 Å². The van der Waals surface area contributed by atoms with Crippen LogP contribution in [0.1, 0.15) is 55.4 Å². The van der Waals surface area contributed by atoms with Crippen molar-refractivity contribution in [1.29, 1.82) is 0 Å². The number of rotatable bonds is 7. The van der Waals surface area contributed by atoms with Gasteiger partial charge in [-0.3, -0.25) is 9.48 Å². The number of halogens is 3. The summed E-state index contributed by atoms with van der Waals surface area (Å²) in [5, 5.41) is 6.36. The van der Waals surface area contributed by atoms with Crippen LogP contribution in [0.3, 0.4) is 0 Å². The van der Waals surface area contributed by atoms with E-state index in [4.69, 9.17) is 9.47 Å². The lowest BCUT2D eigenvalue weighted by Crippen LogP contribution is -2.37. The highest BCUT2D eigenvalue weighted by Gasteiger charge is 2.40. The molecular weight excluding hydrogens is 387 g/mol. The molecule has 2 rings (SSSR count). The van der Waals surface area contributed by atoms with Crippen molar-refractivity contribution in [2.24, 2.45) is 0 Å². The third-order valence-electron chi connectivity index (χ3n) is 4.65. The molecule has 9 heteroatoms. The van der Waals surface area contributed by atoms with E-state index >= 15 is 0 Å². The molecule has 0 radical (unpaired) electrons. The van der Waals surface area contributed by atoms with E-state index in [-0.39, 0.29) is 6.54 Å². The van der Waals surface area contributed by atoms with Gasteiger partial charge in [0, 0.05) is 18.0 Å². The van der Waals surface area contributed by atoms with Gasteiger partial charge in [-0.2, -0.15) is 18.3 Å². The number of amides is 1. The summed E-state index contributed by atoms with van der Waals surface area (Å²) in [6.07, 6.45) is -3.73. The maximum atomic E-state index is 13.5. The molecule has 1 amide bonds. The molecule has 29 heavy (non-hydrogen) atoms. The van der Waals surface area contributed by atoms with E-state index in [2.05, 4.69) is 10.4 Å². The minimum absolute atomic E-state index is 0.117. The summed E-state index contributed by atoms with van der Waals surface area (Å²) in [6.45, 7) is 7.01. The minimum atomic E-state index is -4.69. The molecule has 1 heterocycles. The monoisotopic (exact) mass is 413 g/mol. The lowest BCUT2D eigenvalue weighted by atomic mass is 9.84. The Bertz CT molecular complexity index is 874. The first-order valence-electron chi connectivity index (χ1n) is 9.07. The van der Waals surface area contributed by atoms with Gasteiger partial charge < -0.3 is 14.8 Å². The molecule has 0 saturated heterocycles. The van der Waals surface area contributed by atoms with Crippen molar-refractivity contribution < 1.29 is 27.4 Å². The molecule has 6 nitrogen and oxygen atoms in total. The molecule has 0 unspecified atom stereocenters. The predicted octanol–water partition coefficient (Wildman–Crippen LogP) is 4.21. The van der Waals surface area contributed by atoms with Crippen LogP contribution in [0.25, 0.3) is 0 Å². The molecule has 0 saturated carbocycles. The normalized spacial score (nSPS) is 12.2. The number of hydrogen-bond acceptors (Lipinski definition) is 4. The Morgan fingerprint density at radius 3 is 2.31 bits per heavy atom. The molecule has 0 fully saturated rings. The lowest BCUT2D eigenvalue weighted by Gasteiger charge is -2.26. The van der Waals surface area contributed by atoms with Crippen LogP contribution in [-0.2, 0) is 11.6 Å². The third kappa shape index (κ3) is 4.83. The molecule has 2 aromatic rings. The second-order valence-electron chi connectivity index (χ2n) is 7.58. The van der Waals surface area contributed by atoms with Gasteiger partial charge in [-0.15, -0.1) is 0 Å². The summed E-state index contributed by atoms with van der Waals surface area (Å²) in [4.78, 5) is 12.5. The van der Waals surface area contributed by atoms with Gasteiger partial charge in [0.05, 0.1) is 26.0 Å². The summed E-state index contributed by atoms with van der Waals surface area (Å²) in [7, 11) is 3.04. The Kier molecular flexibility index (Phi) is 6.50. The maximum Gasteiger partial charge on any atom is 0.433 e. The molecule has 1 aromatic carbocycles. The number of carbonyl (C=O) groups excluding carboxylic acids is 1. The van der Waals surface area contributed by atoms with Crippen molar-refractivity contribution in [3.8, 4) is 11.5 Å². The highest BCUT2D eigenvalue weighted by Crippen LogP contribution is 2.35. The summed E-state index contributed by atoms with van der Waals surface area (Å²) >= 11 is 0. The average Bonchev–Trinajstić information content (AvgIpc) is 3.11. The Morgan fingerprint density at radius 1 is 1.17 bits per heavy atom. The highest BCUT2D eigenvalue weighted by molar-refractivity contribution is 5.95. The van der Waals surface area contributed by atoms with Gasteiger partial charge in [-0.25, -0.2) is 0 Å². The standard InChI is InChI=1S/C20H26F3N3O3/c1-12(2)26-17(20(21,22)23)14(10-25-26)18(27)24-11-19(3,4)13-7-8-15(28-5)16(9-13)29-6/h7-10,12H,11H2,1-6H3,(H,24,27). The third-order valence-corrected chi connectivity index (χ3v) is 4.65. The van der Waals surface area contributed by atoms with Crippen LogP contribution in [0.4, 0.5) is 13.2 Å². The van der Waals surface area contributed by atoms with Gasteiger partial charge in [-0.05, 0) is 31.5 Å². The Hall–Kier alpha value is -2.71. The van der Waals surface area contributed by atoms with E-state index in [0.29, 0.717) is 11.5 Å². The van der Waals surface area contributed by atoms with E-state index in [1.165, 1.54) is 14.2 Å². The second kappa shape index (κ2) is 8.34. The van der Waals surface area contributed by atoms with Crippen molar-refractivity contribution in [1.82, 2.24) is 15.1 Å². The smallest absolute Gasteiger partial charge is 0.433 e. The van der Waals surface area contributed by atoms with Gasteiger partial charge in [0.1, 0.15) is 0 Å². The molecule has 160 valence electrons. The van der Waals surface area contributed by atoms with Crippen LogP contribution < -0.4 is 14.8 Å². The van der Waals surface area contributed by atoms with Crippen molar-refractivity contribution >= 4 is 5.91 Å². The quantitative estimate of drug-likeness (QED) is 0.739. The Balaban J connectivity index is 2.25. The van der Waals surface area contributed by atoms with Crippen molar-refractivity contribution in [3.05, 3.63) is 41.2 Å². The van der Waals surface area contributed by atoms with Gasteiger partial charge in [0.2, 0.25) is 0 Å². The first-order chi connectivity index (χ1) is 13.4. The number of nitrogens with zero attached hydrogens (tertiary/aromatic N) is 2. The molecular formula is C20H26F3N3O3. The molecule has 0 bridgehead atoms. The number of methoxy groups -OCH3 is 2. The predicted molar refractivity (Wildman–Crippen MR) is 103 cm³/mol. The zero-order valence-corrected chi connectivity index (χ0v) is 17.3. The van der Waals surface area contributed by atoms with Gasteiger partial charge in [0.15, 0.2) is 17.2 Å². The molecule has 0 atom stereocenters. The number of carbonyl (C=O) groups is 1. The van der Waals surface area contributed by atoms with E-state index in [9.17, 15) is 18.0 Å². The van der Waals surface area contributed by atoms with E-state index in [1.54, 1.807) is 26.0 Å². The number of nitrogens with one attached hydrogen (secondary N) is 1. The number of ether oxygens (including phenoxy) is 2. The van der Waals surface area contributed by atoms with Gasteiger partial charge >= 0.3 is 6.18 Å². The fraction of sp³-hybridized carbons (Fsp3) is 0.500. The zero-order chi connectivity index (χ0) is 22.0. The lowest BCUT2D eigenvalue weighted by molar-refractivity contribution is -0.145. The fourth-order valence-electron chi connectivity index (χ4n) is 2.96. The first kappa shape index (κ1) is 22.6. The van der Waals surface area contributed by atoms with Gasteiger partial charge in [0.25, 0.3) is 5.91 Å². The SMILES string of the molecule is COc1ccc(C(C)(C)CNC(=O)c2cnn(C(C)C)c2C(F)(F)F)cc1OC. The largest absolute Gasteiger partial charge is 0.493 e. The molecule has 1 aromatic heterocycles. The molecule has 0 aliphatic heterocycles. The summed E-state index contributed by atoms with van der Waals surface area (Å²) in [5.41, 5.74) is -1.27. The zero-order valence-electron chi connectivity index (χ0n) is 17.3. The minimum Gasteiger partial charge on any atom is -0.493 e. The number of benzene rings is 1. The van der Waals surface area contributed by atoms with E-state index < -0.39 is 34.8 Å². The van der Waals surface area contributed by atoms with Crippen molar-refractivity contribution in [2.45, 2.75) is 45.3 Å². The van der Waals surface area contributed by atoms with Crippen LogP contribution in [-0.4, -0.2) is 36.5 Å². The first-order valence-corrected chi connectivity index (χ1v) is 9.07. The number of aromatic nitrogens is 2. The molecule has 0 aliphatic carbocycles. The summed E-state index contributed by atoms with van der Waals surface area (Å²) in [5.74, 6) is 0.270. The molecule has 1 N–H and O–H groups in total. The van der Waals surface area contributed by atoms with Crippen LogP contribution in [0.2, 0.25) is 0 Å². The van der Waals surface area contributed by atoms with Gasteiger partial charge in [-0.1, -0.05) is 19.9 Å². The second-order valence-corrected chi connectivity index (χ2v) is 7.58. The average molecular weight is 413 g/mol.